The quantitative estimate of drug-likeness (QED) is 0.602. The highest BCUT2D eigenvalue weighted by molar-refractivity contribution is 7.92. The number of benzene rings is 1. The molecule has 1 aliphatic heterocycles. The second-order valence-corrected chi connectivity index (χ2v) is 7.46. The first kappa shape index (κ1) is 18.5. The Labute approximate surface area is 136 Å². The van der Waals surface area contributed by atoms with E-state index in [1.807, 2.05) is 0 Å². The van der Waals surface area contributed by atoms with Gasteiger partial charge in [0.1, 0.15) is 5.69 Å². The van der Waals surface area contributed by atoms with Gasteiger partial charge in [-0.1, -0.05) is 0 Å². The number of nitro benzene ring substituents is 1. The minimum Gasteiger partial charge on any atom is -0.372 e. The predicted molar refractivity (Wildman–Crippen MR) is 78.6 cm³/mol. The molecule has 1 fully saturated rings. The molecule has 7 nitrogen and oxygen atoms in total. The lowest BCUT2D eigenvalue weighted by Crippen LogP contribution is -2.45. The average Bonchev–Trinajstić information content (AvgIpc) is 2.44. The van der Waals surface area contributed by atoms with Crippen LogP contribution in [-0.4, -0.2) is 44.1 Å². The van der Waals surface area contributed by atoms with Crippen LogP contribution in [0.15, 0.2) is 23.1 Å². The van der Waals surface area contributed by atoms with Crippen LogP contribution in [0.1, 0.15) is 13.8 Å². The Morgan fingerprint density at radius 3 is 2.25 bits per heavy atom. The second-order valence-electron chi connectivity index (χ2n) is 5.52. The van der Waals surface area contributed by atoms with Crippen molar-refractivity contribution in [1.82, 2.24) is 0 Å². The molecule has 24 heavy (non-hydrogen) atoms. The Bertz CT molecular complexity index is 740. The summed E-state index contributed by atoms with van der Waals surface area (Å²) in [5.74, 6) is 0. The molecule has 2 rings (SSSR count). The lowest BCUT2D eigenvalue weighted by atomic mass is 10.2. The Kier molecular flexibility index (Phi) is 4.77. The van der Waals surface area contributed by atoms with Crippen molar-refractivity contribution in [3.05, 3.63) is 28.3 Å². The number of ether oxygens (including phenoxy) is 1. The zero-order valence-electron chi connectivity index (χ0n) is 12.8. The van der Waals surface area contributed by atoms with Gasteiger partial charge in [-0.15, -0.1) is 0 Å². The van der Waals surface area contributed by atoms with Gasteiger partial charge in [0.15, 0.2) is 0 Å². The standard InChI is InChI=1S/C13H15F3N2O5S/c1-8-6-17(7-9(2)23-8)11-4-3-10(5-12(11)18(19)20)24(21,22)13(14,15)16/h3-5,8-9H,6-7H2,1-2H3. The maximum absolute atomic E-state index is 12.6. The van der Waals surface area contributed by atoms with Crippen molar-refractivity contribution in [2.45, 2.75) is 36.5 Å². The maximum atomic E-state index is 12.6. The summed E-state index contributed by atoms with van der Waals surface area (Å²) in [5, 5.41) is 11.2. The average molecular weight is 368 g/mol. The number of hydrogen-bond acceptors (Lipinski definition) is 6. The van der Waals surface area contributed by atoms with Crippen molar-refractivity contribution in [2.75, 3.05) is 18.0 Å². The number of sulfone groups is 1. The van der Waals surface area contributed by atoms with E-state index in [4.69, 9.17) is 4.74 Å². The van der Waals surface area contributed by atoms with Gasteiger partial charge in [0.2, 0.25) is 0 Å². The van der Waals surface area contributed by atoms with Gasteiger partial charge in [0.25, 0.3) is 15.5 Å². The molecule has 1 saturated heterocycles. The summed E-state index contributed by atoms with van der Waals surface area (Å²) in [5.41, 5.74) is -6.16. The van der Waals surface area contributed by atoms with Crippen LogP contribution in [0.2, 0.25) is 0 Å². The predicted octanol–water partition coefficient (Wildman–Crippen LogP) is 2.50. The fraction of sp³-hybridized carbons (Fsp3) is 0.538. The molecular formula is C13H15F3N2O5S. The molecule has 0 aliphatic carbocycles. The number of hydrogen-bond donors (Lipinski definition) is 0. The van der Waals surface area contributed by atoms with E-state index in [1.165, 1.54) is 0 Å². The third kappa shape index (κ3) is 3.46. The number of morpholine rings is 1. The van der Waals surface area contributed by atoms with Gasteiger partial charge >= 0.3 is 5.51 Å². The molecule has 1 aromatic rings. The largest absolute Gasteiger partial charge is 0.501 e. The third-order valence-corrected chi connectivity index (χ3v) is 5.00. The van der Waals surface area contributed by atoms with E-state index in [-0.39, 0.29) is 17.9 Å². The van der Waals surface area contributed by atoms with Crippen LogP contribution in [0.5, 0.6) is 0 Å². The minimum atomic E-state index is -5.65. The summed E-state index contributed by atoms with van der Waals surface area (Å²) < 4.78 is 66.3. The van der Waals surface area contributed by atoms with Gasteiger partial charge in [-0.2, -0.15) is 13.2 Å². The molecule has 0 N–H and O–H groups in total. The zero-order chi connectivity index (χ0) is 18.3. The van der Waals surface area contributed by atoms with Crippen LogP contribution < -0.4 is 4.90 Å². The van der Waals surface area contributed by atoms with Crippen LogP contribution in [0, 0.1) is 10.1 Å². The van der Waals surface area contributed by atoms with Gasteiger partial charge in [-0.25, -0.2) is 8.42 Å². The smallest absolute Gasteiger partial charge is 0.372 e. The molecule has 11 heteroatoms. The Balaban J connectivity index is 2.51. The number of nitrogens with zero attached hydrogens (tertiary/aromatic N) is 2. The van der Waals surface area contributed by atoms with Crippen molar-refractivity contribution in [2.24, 2.45) is 0 Å². The first-order chi connectivity index (χ1) is 10.9. The van der Waals surface area contributed by atoms with E-state index < -0.39 is 30.9 Å². The molecule has 0 saturated carbocycles. The van der Waals surface area contributed by atoms with Crippen molar-refractivity contribution in [1.29, 1.82) is 0 Å². The number of rotatable bonds is 3. The Morgan fingerprint density at radius 2 is 1.79 bits per heavy atom. The van der Waals surface area contributed by atoms with Crippen LogP contribution in [0.25, 0.3) is 0 Å². The zero-order valence-corrected chi connectivity index (χ0v) is 13.6. The molecule has 0 bridgehead atoms. The summed E-state index contributed by atoms with van der Waals surface area (Å²) in [4.78, 5) is 10.8. The highest BCUT2D eigenvalue weighted by Crippen LogP contribution is 2.36. The first-order valence-corrected chi connectivity index (χ1v) is 8.42. The fourth-order valence-electron chi connectivity index (χ4n) is 2.59. The van der Waals surface area contributed by atoms with Crippen molar-refractivity contribution in [3.63, 3.8) is 0 Å². The normalized spacial score (nSPS) is 22.5. The molecule has 2 atom stereocenters. The van der Waals surface area contributed by atoms with Gasteiger partial charge in [0.05, 0.1) is 22.0 Å². The molecule has 0 aromatic heterocycles. The van der Waals surface area contributed by atoms with Crippen molar-refractivity contribution < 1.29 is 31.2 Å². The topological polar surface area (TPSA) is 89.8 Å². The summed E-state index contributed by atoms with van der Waals surface area (Å²) in [7, 11) is -5.65. The summed E-state index contributed by atoms with van der Waals surface area (Å²) in [6.07, 6.45) is -0.459. The van der Waals surface area contributed by atoms with Crippen LogP contribution in [0.4, 0.5) is 24.5 Å². The molecule has 1 aliphatic rings. The SMILES string of the molecule is CC1CN(c2ccc(S(=O)(=O)C(F)(F)F)cc2[N+](=O)[O-])CC(C)O1. The van der Waals surface area contributed by atoms with Crippen LogP contribution in [0.3, 0.4) is 0 Å². The molecule has 0 spiro atoms. The van der Waals surface area contributed by atoms with E-state index in [2.05, 4.69) is 0 Å². The monoisotopic (exact) mass is 368 g/mol. The van der Waals surface area contributed by atoms with E-state index in [0.29, 0.717) is 19.2 Å². The van der Waals surface area contributed by atoms with Crippen molar-refractivity contribution in [3.8, 4) is 0 Å². The lowest BCUT2D eigenvalue weighted by molar-refractivity contribution is -0.384. The van der Waals surface area contributed by atoms with E-state index in [0.717, 1.165) is 12.1 Å². The molecule has 0 amide bonds. The first-order valence-electron chi connectivity index (χ1n) is 6.93. The molecule has 1 aromatic carbocycles. The van der Waals surface area contributed by atoms with E-state index >= 15 is 0 Å². The fourth-order valence-corrected chi connectivity index (χ4v) is 3.37. The van der Waals surface area contributed by atoms with Gasteiger partial charge in [0, 0.05) is 19.2 Å². The number of nitro groups is 1. The Hall–Kier alpha value is -1.88. The molecule has 0 radical (unpaired) electrons. The summed E-state index contributed by atoms with van der Waals surface area (Å²) >= 11 is 0. The molecule has 1 heterocycles. The van der Waals surface area contributed by atoms with Crippen LogP contribution in [-0.2, 0) is 14.6 Å². The van der Waals surface area contributed by atoms with Crippen LogP contribution >= 0.6 is 0 Å². The van der Waals surface area contributed by atoms with Gasteiger partial charge < -0.3 is 9.64 Å². The molecular weight excluding hydrogens is 353 g/mol. The Morgan fingerprint density at radius 1 is 1.25 bits per heavy atom. The second kappa shape index (κ2) is 6.20. The summed E-state index contributed by atoms with van der Waals surface area (Å²) in [6, 6.07) is 2.21. The van der Waals surface area contributed by atoms with Crippen molar-refractivity contribution >= 4 is 21.2 Å². The maximum Gasteiger partial charge on any atom is 0.501 e. The third-order valence-electron chi connectivity index (χ3n) is 3.52. The van der Waals surface area contributed by atoms with E-state index in [9.17, 15) is 31.7 Å². The number of halogens is 3. The highest BCUT2D eigenvalue weighted by Gasteiger charge is 2.47. The number of alkyl halides is 3. The van der Waals surface area contributed by atoms with Gasteiger partial charge in [-0.3, -0.25) is 10.1 Å². The summed E-state index contributed by atoms with van der Waals surface area (Å²) in [6.45, 7) is 4.13. The van der Waals surface area contributed by atoms with Gasteiger partial charge in [-0.05, 0) is 26.0 Å². The lowest BCUT2D eigenvalue weighted by Gasteiger charge is -2.36. The van der Waals surface area contributed by atoms with E-state index in [1.54, 1.807) is 18.7 Å². The molecule has 134 valence electrons. The minimum absolute atomic E-state index is 0.0584. The number of anilines is 1. The molecule has 2 unspecified atom stereocenters. The highest BCUT2D eigenvalue weighted by atomic mass is 32.2.